The largest absolute Gasteiger partial charge is 0.618 e. The third-order valence-corrected chi connectivity index (χ3v) is 6.67. The lowest BCUT2D eigenvalue weighted by molar-refractivity contribution is -0.612. The van der Waals surface area contributed by atoms with Gasteiger partial charge in [-0.2, -0.15) is 4.73 Å². The molecule has 0 radical (unpaired) electrons. The molecule has 2 aromatic heterocycles. The summed E-state index contributed by atoms with van der Waals surface area (Å²) in [5.41, 5.74) is 3.98. The summed E-state index contributed by atoms with van der Waals surface area (Å²) in [4.78, 5) is 26.1. The van der Waals surface area contributed by atoms with Gasteiger partial charge in [0.05, 0.1) is 11.3 Å². The summed E-state index contributed by atoms with van der Waals surface area (Å²) in [6.45, 7) is 5.17. The Morgan fingerprint density at radius 1 is 1.17 bits per heavy atom. The minimum Gasteiger partial charge on any atom is -0.618 e. The second-order valence-electron chi connectivity index (χ2n) is 9.37. The van der Waals surface area contributed by atoms with Gasteiger partial charge in [-0.1, -0.05) is 17.3 Å². The number of nitrogens with zero attached hydrogens (tertiary/aromatic N) is 2. The van der Waals surface area contributed by atoms with Gasteiger partial charge in [0.2, 0.25) is 11.8 Å². The van der Waals surface area contributed by atoms with Crippen LogP contribution in [0.4, 0.5) is 14.5 Å². The van der Waals surface area contributed by atoms with E-state index in [1.165, 1.54) is 12.5 Å². The van der Waals surface area contributed by atoms with Crippen LogP contribution in [0.25, 0.3) is 11.1 Å². The molecule has 1 atom stereocenters. The van der Waals surface area contributed by atoms with Gasteiger partial charge in [-0.3, -0.25) is 9.59 Å². The van der Waals surface area contributed by atoms with Gasteiger partial charge in [0.1, 0.15) is 17.9 Å². The van der Waals surface area contributed by atoms with E-state index >= 15 is 0 Å². The second-order valence-corrected chi connectivity index (χ2v) is 9.37. The number of halogens is 2. The van der Waals surface area contributed by atoms with E-state index in [4.69, 9.17) is 4.52 Å². The van der Waals surface area contributed by atoms with Crippen molar-refractivity contribution in [3.63, 3.8) is 0 Å². The molecule has 1 saturated carbocycles. The molecule has 1 aliphatic carbocycles. The Morgan fingerprint density at radius 3 is 2.44 bits per heavy atom. The lowest BCUT2D eigenvalue weighted by atomic mass is 9.81. The van der Waals surface area contributed by atoms with Crippen LogP contribution in [0.2, 0.25) is 0 Å². The number of nitrogens with one attached hydrogen (secondary N) is 2. The highest BCUT2D eigenvalue weighted by atomic mass is 19.3. The molecule has 36 heavy (non-hydrogen) atoms. The predicted octanol–water partition coefficient (Wildman–Crippen LogP) is 4.46. The van der Waals surface area contributed by atoms with Crippen LogP contribution < -0.4 is 15.4 Å². The first-order valence-electron chi connectivity index (χ1n) is 11.8. The number of carbonyl (C=O) groups excluding carboxylic acids is 2. The fourth-order valence-corrected chi connectivity index (χ4v) is 4.54. The highest BCUT2D eigenvalue weighted by Gasteiger charge is 2.40. The van der Waals surface area contributed by atoms with E-state index in [0.717, 1.165) is 21.4 Å². The predicted molar refractivity (Wildman–Crippen MR) is 128 cm³/mol. The third kappa shape index (κ3) is 5.53. The number of alkyl halides is 2. The van der Waals surface area contributed by atoms with Gasteiger partial charge in [0.15, 0.2) is 11.9 Å². The van der Waals surface area contributed by atoms with Crippen molar-refractivity contribution in [2.24, 2.45) is 5.92 Å². The topological polar surface area (TPSA) is 111 Å². The van der Waals surface area contributed by atoms with Crippen molar-refractivity contribution in [1.29, 1.82) is 0 Å². The van der Waals surface area contributed by atoms with Crippen molar-refractivity contribution >= 4 is 17.5 Å². The number of anilines is 1. The summed E-state index contributed by atoms with van der Waals surface area (Å²) in [6.07, 6.45) is 2.22. The molecule has 1 aromatic carbocycles. The minimum absolute atomic E-state index is 0.106. The number of rotatable bonds is 6. The van der Waals surface area contributed by atoms with E-state index in [1.807, 2.05) is 13.0 Å². The Bertz CT molecular complexity index is 1260. The zero-order valence-electron chi connectivity index (χ0n) is 20.3. The number of hydrogen-bond acceptors (Lipinski definition) is 5. The zero-order chi connectivity index (χ0) is 26.0. The number of benzene rings is 1. The molecule has 0 unspecified atom stereocenters. The summed E-state index contributed by atoms with van der Waals surface area (Å²) >= 11 is 0. The first-order valence-corrected chi connectivity index (χ1v) is 11.8. The zero-order valence-corrected chi connectivity index (χ0v) is 20.3. The van der Waals surface area contributed by atoms with E-state index in [2.05, 4.69) is 15.8 Å². The van der Waals surface area contributed by atoms with Crippen LogP contribution in [0.5, 0.6) is 0 Å². The van der Waals surface area contributed by atoms with E-state index in [9.17, 15) is 23.6 Å². The number of aromatic nitrogens is 2. The van der Waals surface area contributed by atoms with Crippen molar-refractivity contribution < 1.29 is 27.6 Å². The van der Waals surface area contributed by atoms with Crippen molar-refractivity contribution in [2.75, 3.05) is 5.32 Å². The quantitative estimate of drug-likeness (QED) is 0.385. The summed E-state index contributed by atoms with van der Waals surface area (Å²) in [6, 6.07) is 7.86. The maximum atomic E-state index is 13.8. The third-order valence-electron chi connectivity index (χ3n) is 6.67. The van der Waals surface area contributed by atoms with Crippen molar-refractivity contribution in [2.45, 2.75) is 58.4 Å². The first-order chi connectivity index (χ1) is 17.0. The number of aryl methyl sites for hydroxylation is 2. The Kier molecular flexibility index (Phi) is 7.05. The van der Waals surface area contributed by atoms with Crippen LogP contribution in [-0.2, 0) is 4.79 Å². The SMILES string of the molecule is Cc1cc(-c2ccc(NC(=O)[C@@H](NC(=O)c3conc3C)C3CCC(F)(F)CC3)cc2)c(C)[n+]([O-])c1. The maximum Gasteiger partial charge on any atom is 0.257 e. The number of pyridine rings is 1. The van der Waals surface area contributed by atoms with Crippen molar-refractivity contribution in [3.05, 3.63) is 70.5 Å². The molecule has 0 bridgehead atoms. The molecule has 0 saturated heterocycles. The lowest BCUT2D eigenvalue weighted by Crippen LogP contribution is -2.50. The molecule has 10 heteroatoms. The standard InChI is InChI=1S/C26H28F2N4O4/c1-15-12-21(17(3)32(35)13-15)18-4-6-20(7-5-18)29-25(34)23(19-8-10-26(27,28)11-9-19)30-24(33)22-14-36-31-16(22)2/h4-7,12-14,19,23H,8-11H2,1-3H3,(H,29,34)(H,30,33)/t23-/m0/s1. The lowest BCUT2D eigenvalue weighted by Gasteiger charge is -2.33. The molecule has 4 rings (SSSR count). The molecule has 1 fully saturated rings. The Morgan fingerprint density at radius 2 is 1.83 bits per heavy atom. The number of hydrogen-bond donors (Lipinski definition) is 2. The van der Waals surface area contributed by atoms with Gasteiger partial charge in [-0.15, -0.1) is 0 Å². The van der Waals surface area contributed by atoms with Gasteiger partial charge < -0.3 is 20.4 Å². The molecule has 0 spiro atoms. The average molecular weight is 499 g/mol. The average Bonchev–Trinajstić information content (AvgIpc) is 3.26. The molecule has 190 valence electrons. The number of carbonyl (C=O) groups is 2. The minimum atomic E-state index is -2.77. The molecule has 1 aliphatic rings. The second kappa shape index (κ2) is 10.0. The molecule has 2 heterocycles. The smallest absolute Gasteiger partial charge is 0.257 e. The van der Waals surface area contributed by atoms with E-state index in [1.54, 1.807) is 38.1 Å². The van der Waals surface area contributed by atoms with Gasteiger partial charge >= 0.3 is 0 Å². The molecule has 8 nitrogen and oxygen atoms in total. The molecule has 3 aromatic rings. The van der Waals surface area contributed by atoms with Gasteiger partial charge in [0, 0.05) is 31.0 Å². The van der Waals surface area contributed by atoms with Crippen LogP contribution >= 0.6 is 0 Å². The van der Waals surface area contributed by atoms with Crippen LogP contribution in [-0.4, -0.2) is 28.9 Å². The summed E-state index contributed by atoms with van der Waals surface area (Å²) < 4.78 is 33.1. The fraction of sp³-hybridized carbons (Fsp3) is 0.385. The number of amides is 2. The molecule has 2 N–H and O–H groups in total. The molecule has 2 amide bonds. The monoisotopic (exact) mass is 498 g/mol. The van der Waals surface area contributed by atoms with E-state index < -0.39 is 29.7 Å². The highest BCUT2D eigenvalue weighted by molar-refractivity contribution is 6.01. The van der Waals surface area contributed by atoms with Crippen LogP contribution in [0.3, 0.4) is 0 Å². The molecular weight excluding hydrogens is 470 g/mol. The summed E-state index contributed by atoms with van der Waals surface area (Å²) in [5.74, 6) is -4.26. The summed E-state index contributed by atoms with van der Waals surface area (Å²) in [7, 11) is 0. The van der Waals surface area contributed by atoms with Crippen LogP contribution in [0.1, 0.15) is 53.0 Å². The molecule has 0 aliphatic heterocycles. The maximum absolute atomic E-state index is 13.8. The molecular formula is C26H28F2N4O4. The normalized spacial score (nSPS) is 16.4. The van der Waals surface area contributed by atoms with E-state index in [0.29, 0.717) is 17.1 Å². The van der Waals surface area contributed by atoms with Crippen molar-refractivity contribution in [3.8, 4) is 11.1 Å². The van der Waals surface area contributed by atoms with E-state index in [-0.39, 0.29) is 31.2 Å². The van der Waals surface area contributed by atoms with Crippen molar-refractivity contribution in [1.82, 2.24) is 10.5 Å². The Labute approximate surface area is 207 Å². The highest BCUT2D eigenvalue weighted by Crippen LogP contribution is 2.38. The van der Waals surface area contributed by atoms with Crippen LogP contribution in [0, 0.1) is 31.9 Å². The Hall–Kier alpha value is -3.82. The van der Waals surface area contributed by atoms with Gasteiger partial charge in [-0.25, -0.2) is 8.78 Å². The van der Waals surface area contributed by atoms with Gasteiger partial charge in [0.25, 0.3) is 5.91 Å². The first kappa shape index (κ1) is 25.3. The summed E-state index contributed by atoms with van der Waals surface area (Å²) in [5, 5.41) is 21.3. The Balaban J connectivity index is 1.53. The van der Waals surface area contributed by atoms with Gasteiger partial charge in [-0.05, 0) is 56.4 Å². The van der Waals surface area contributed by atoms with Crippen LogP contribution in [0.15, 0.2) is 47.3 Å². The fourth-order valence-electron chi connectivity index (χ4n) is 4.54.